The van der Waals surface area contributed by atoms with Crippen LogP contribution in [0.4, 0.5) is 5.82 Å². The van der Waals surface area contributed by atoms with E-state index < -0.39 is 5.41 Å². The molecule has 2 atom stereocenters. The van der Waals surface area contributed by atoms with E-state index >= 15 is 0 Å². The lowest BCUT2D eigenvalue weighted by Gasteiger charge is -2.29. The first kappa shape index (κ1) is 11.9. The molecule has 1 aliphatic heterocycles. The second kappa shape index (κ2) is 3.91. The number of alkyl halides is 1. The molecule has 0 bridgehead atoms. The third kappa shape index (κ3) is 1.54. The van der Waals surface area contributed by atoms with Crippen LogP contribution >= 0.6 is 23.2 Å². The molecular formula is C12H10Cl2N4. The fourth-order valence-corrected chi connectivity index (χ4v) is 3.57. The molecule has 2 heterocycles. The van der Waals surface area contributed by atoms with Crippen LogP contribution in [0.1, 0.15) is 29.5 Å². The number of aromatic nitrogens is 2. The van der Waals surface area contributed by atoms with Gasteiger partial charge in [-0.3, -0.25) is 0 Å². The standard InChI is InChI=1S/C12H10Cl2N4/c1-6-7-9(13)8(12(4-15)2-3-12)10(14)18-11(7)17-5-16-6/h5,8-9H,2-3H2,1H3. The second-order valence-corrected chi connectivity index (χ2v) is 5.64. The summed E-state index contributed by atoms with van der Waals surface area (Å²) >= 11 is 12.7. The predicted octanol–water partition coefficient (Wildman–Crippen LogP) is 3.27. The smallest absolute Gasteiger partial charge is 0.161 e. The molecule has 0 radical (unpaired) electrons. The average Bonchev–Trinajstić information content (AvgIpc) is 3.09. The molecule has 18 heavy (non-hydrogen) atoms. The van der Waals surface area contributed by atoms with Gasteiger partial charge in [-0.2, -0.15) is 5.26 Å². The molecular weight excluding hydrogens is 271 g/mol. The van der Waals surface area contributed by atoms with Gasteiger partial charge in [-0.25, -0.2) is 15.0 Å². The van der Waals surface area contributed by atoms with E-state index in [1.54, 1.807) is 0 Å². The first-order valence-electron chi connectivity index (χ1n) is 5.70. The highest BCUT2D eigenvalue weighted by molar-refractivity contribution is 6.67. The number of aliphatic imine (C=N–C) groups is 1. The Bertz CT molecular complexity index is 586. The Morgan fingerprint density at radius 2 is 2.17 bits per heavy atom. The van der Waals surface area contributed by atoms with Crippen LogP contribution in [0.5, 0.6) is 0 Å². The van der Waals surface area contributed by atoms with Crippen molar-refractivity contribution in [2.24, 2.45) is 16.3 Å². The Morgan fingerprint density at radius 3 is 2.78 bits per heavy atom. The van der Waals surface area contributed by atoms with Gasteiger partial charge in [0, 0.05) is 11.3 Å². The van der Waals surface area contributed by atoms with Crippen LogP contribution in [-0.2, 0) is 0 Å². The number of fused-ring (bicyclic) bond motifs is 1. The molecule has 0 amide bonds. The molecule has 0 spiro atoms. The molecule has 3 rings (SSSR count). The maximum atomic E-state index is 9.31. The third-order valence-electron chi connectivity index (χ3n) is 3.71. The van der Waals surface area contributed by atoms with Gasteiger partial charge in [0.15, 0.2) is 5.82 Å². The molecule has 1 fully saturated rings. The van der Waals surface area contributed by atoms with Crippen molar-refractivity contribution < 1.29 is 0 Å². The van der Waals surface area contributed by atoms with Crippen LogP contribution in [0.15, 0.2) is 11.3 Å². The highest BCUT2D eigenvalue weighted by Gasteiger charge is 2.56. The van der Waals surface area contributed by atoms with Crippen molar-refractivity contribution in [2.75, 3.05) is 0 Å². The fourth-order valence-electron chi connectivity index (χ4n) is 2.48. The molecule has 2 unspecified atom stereocenters. The zero-order valence-corrected chi connectivity index (χ0v) is 11.2. The minimum atomic E-state index is -0.451. The van der Waals surface area contributed by atoms with E-state index in [0.717, 1.165) is 24.1 Å². The van der Waals surface area contributed by atoms with Crippen molar-refractivity contribution in [3.8, 4) is 6.07 Å². The van der Waals surface area contributed by atoms with Crippen molar-refractivity contribution in [1.82, 2.24) is 9.97 Å². The summed E-state index contributed by atoms with van der Waals surface area (Å²) in [6.07, 6.45) is 3.10. The van der Waals surface area contributed by atoms with Gasteiger partial charge in [-0.1, -0.05) is 11.6 Å². The summed E-state index contributed by atoms with van der Waals surface area (Å²) in [5.41, 5.74) is 1.15. The number of hydrogen-bond donors (Lipinski definition) is 0. The third-order valence-corrected chi connectivity index (χ3v) is 4.50. The predicted molar refractivity (Wildman–Crippen MR) is 69.1 cm³/mol. The SMILES string of the molecule is Cc1ncnc2c1C(Cl)C(C1(C#N)CC1)C(Cl)=N2. The maximum Gasteiger partial charge on any atom is 0.161 e. The quantitative estimate of drug-likeness (QED) is 0.742. The minimum Gasteiger partial charge on any atom is -0.241 e. The summed E-state index contributed by atoms with van der Waals surface area (Å²) in [6.45, 7) is 1.87. The summed E-state index contributed by atoms with van der Waals surface area (Å²) in [4.78, 5) is 12.5. The minimum absolute atomic E-state index is 0.247. The Labute approximate surface area is 115 Å². The first-order valence-corrected chi connectivity index (χ1v) is 6.51. The summed E-state index contributed by atoms with van der Waals surface area (Å²) < 4.78 is 0. The van der Waals surface area contributed by atoms with E-state index in [2.05, 4.69) is 21.0 Å². The monoisotopic (exact) mass is 280 g/mol. The van der Waals surface area contributed by atoms with Gasteiger partial charge in [-0.15, -0.1) is 11.6 Å². The average molecular weight is 281 g/mol. The van der Waals surface area contributed by atoms with Crippen molar-refractivity contribution >= 4 is 34.2 Å². The Hall–Kier alpha value is -1.18. The molecule has 1 aromatic rings. The van der Waals surface area contributed by atoms with Gasteiger partial charge in [0.25, 0.3) is 0 Å². The van der Waals surface area contributed by atoms with Crippen LogP contribution in [0.25, 0.3) is 0 Å². The molecule has 4 nitrogen and oxygen atoms in total. The molecule has 0 saturated heterocycles. The molecule has 1 aromatic heterocycles. The number of nitrogens with zero attached hydrogens (tertiary/aromatic N) is 4. The number of hydrogen-bond acceptors (Lipinski definition) is 4. The molecule has 6 heteroatoms. The molecule has 92 valence electrons. The lowest BCUT2D eigenvalue weighted by atomic mass is 9.83. The Balaban J connectivity index is 2.14. The van der Waals surface area contributed by atoms with Crippen LogP contribution < -0.4 is 0 Å². The van der Waals surface area contributed by atoms with E-state index in [9.17, 15) is 5.26 Å². The molecule has 1 saturated carbocycles. The van der Waals surface area contributed by atoms with Gasteiger partial charge in [0.05, 0.1) is 22.8 Å². The van der Waals surface area contributed by atoms with Crippen LogP contribution in [0.2, 0.25) is 0 Å². The number of halogens is 2. The number of aryl methyl sites for hydroxylation is 1. The molecule has 0 N–H and O–H groups in total. The van der Waals surface area contributed by atoms with Crippen molar-refractivity contribution in [1.29, 1.82) is 5.26 Å². The van der Waals surface area contributed by atoms with Crippen molar-refractivity contribution in [3.05, 3.63) is 17.6 Å². The largest absolute Gasteiger partial charge is 0.241 e. The summed E-state index contributed by atoms with van der Waals surface area (Å²) in [7, 11) is 0. The molecule has 2 aliphatic rings. The van der Waals surface area contributed by atoms with Crippen molar-refractivity contribution in [2.45, 2.75) is 25.1 Å². The molecule has 0 aromatic carbocycles. The van der Waals surface area contributed by atoms with Gasteiger partial charge >= 0.3 is 0 Å². The first-order chi connectivity index (χ1) is 8.59. The zero-order chi connectivity index (χ0) is 12.9. The Morgan fingerprint density at radius 1 is 1.44 bits per heavy atom. The van der Waals surface area contributed by atoms with Crippen LogP contribution in [0, 0.1) is 29.6 Å². The van der Waals surface area contributed by atoms with Crippen LogP contribution in [-0.4, -0.2) is 15.1 Å². The Kier molecular flexibility index (Phi) is 2.58. The highest BCUT2D eigenvalue weighted by Crippen LogP contribution is 2.60. The number of nitriles is 1. The molecule has 1 aliphatic carbocycles. The van der Waals surface area contributed by atoms with Gasteiger partial charge < -0.3 is 0 Å². The maximum absolute atomic E-state index is 9.31. The zero-order valence-electron chi connectivity index (χ0n) is 9.69. The fraction of sp³-hybridized carbons (Fsp3) is 0.500. The topological polar surface area (TPSA) is 61.9 Å². The summed E-state index contributed by atoms with van der Waals surface area (Å²) in [5, 5.41) is 9.32. The van der Waals surface area contributed by atoms with Crippen LogP contribution in [0.3, 0.4) is 0 Å². The summed E-state index contributed by atoms with van der Waals surface area (Å²) in [5.74, 6) is 0.278. The van der Waals surface area contributed by atoms with E-state index in [-0.39, 0.29) is 11.3 Å². The van der Waals surface area contributed by atoms with E-state index in [0.29, 0.717) is 11.0 Å². The van der Waals surface area contributed by atoms with Crippen molar-refractivity contribution in [3.63, 3.8) is 0 Å². The highest BCUT2D eigenvalue weighted by atomic mass is 35.5. The summed E-state index contributed by atoms with van der Waals surface area (Å²) in [6, 6.07) is 2.34. The van der Waals surface area contributed by atoms with E-state index in [1.807, 2.05) is 6.92 Å². The van der Waals surface area contributed by atoms with Gasteiger partial charge in [0.2, 0.25) is 0 Å². The second-order valence-electron chi connectivity index (χ2n) is 4.78. The lowest BCUT2D eigenvalue weighted by Crippen LogP contribution is -2.28. The van der Waals surface area contributed by atoms with E-state index in [4.69, 9.17) is 23.2 Å². The number of rotatable bonds is 1. The van der Waals surface area contributed by atoms with Gasteiger partial charge in [0.1, 0.15) is 11.5 Å². The van der Waals surface area contributed by atoms with E-state index in [1.165, 1.54) is 6.33 Å². The normalized spacial score (nSPS) is 28.0. The van der Waals surface area contributed by atoms with Gasteiger partial charge in [-0.05, 0) is 19.8 Å². The lowest BCUT2D eigenvalue weighted by molar-refractivity contribution is 0.480.